The zero-order valence-electron chi connectivity index (χ0n) is 12.0. The number of anilines is 1. The Hall–Kier alpha value is -1.84. The molecule has 2 atom stereocenters. The fourth-order valence-corrected chi connectivity index (χ4v) is 2.94. The summed E-state index contributed by atoms with van der Waals surface area (Å²) in [4.78, 5) is 23.3. The number of hydrogen-bond acceptors (Lipinski definition) is 2. The van der Waals surface area contributed by atoms with Crippen molar-refractivity contribution in [3.05, 3.63) is 29.3 Å². The first-order valence-electron chi connectivity index (χ1n) is 7.07. The number of carbonyl (C=O) groups excluding carboxylic acids is 1. The zero-order valence-corrected chi connectivity index (χ0v) is 12.0. The third-order valence-electron chi connectivity index (χ3n) is 3.88. The van der Waals surface area contributed by atoms with E-state index >= 15 is 0 Å². The average Bonchev–Trinajstić information content (AvgIpc) is 2.37. The zero-order chi connectivity index (χ0) is 14.7. The molecule has 1 aliphatic rings. The van der Waals surface area contributed by atoms with Gasteiger partial charge < -0.3 is 10.4 Å². The van der Waals surface area contributed by atoms with Gasteiger partial charge in [-0.15, -0.1) is 0 Å². The van der Waals surface area contributed by atoms with Crippen molar-refractivity contribution in [3.63, 3.8) is 0 Å². The minimum atomic E-state index is -0.783. The summed E-state index contributed by atoms with van der Waals surface area (Å²) in [5.41, 5.74) is 3.00. The molecule has 0 aliphatic heterocycles. The summed E-state index contributed by atoms with van der Waals surface area (Å²) >= 11 is 0. The van der Waals surface area contributed by atoms with Gasteiger partial charge >= 0.3 is 5.97 Å². The lowest BCUT2D eigenvalue weighted by Gasteiger charge is -2.25. The minimum absolute atomic E-state index is 0.0547. The molecule has 1 aliphatic carbocycles. The molecular formula is C16H21NO3. The smallest absolute Gasteiger partial charge is 0.306 e. The topological polar surface area (TPSA) is 66.4 Å². The summed E-state index contributed by atoms with van der Waals surface area (Å²) in [5.74, 6) is -1.40. The Kier molecular flexibility index (Phi) is 4.42. The fraction of sp³-hybridized carbons (Fsp3) is 0.500. The van der Waals surface area contributed by atoms with Gasteiger partial charge in [0.2, 0.25) is 5.91 Å². The molecule has 108 valence electrons. The quantitative estimate of drug-likeness (QED) is 0.890. The van der Waals surface area contributed by atoms with Crippen LogP contribution in [0.2, 0.25) is 0 Å². The lowest BCUT2D eigenvalue weighted by molar-refractivity contribution is -0.143. The number of carbonyl (C=O) groups is 2. The van der Waals surface area contributed by atoms with Gasteiger partial charge in [0.15, 0.2) is 0 Å². The number of aliphatic carboxylic acids is 1. The van der Waals surface area contributed by atoms with Crippen LogP contribution in [0.1, 0.15) is 36.8 Å². The van der Waals surface area contributed by atoms with Crippen molar-refractivity contribution in [1.29, 1.82) is 0 Å². The highest BCUT2D eigenvalue weighted by atomic mass is 16.4. The Labute approximate surface area is 119 Å². The predicted octanol–water partition coefficient (Wildman–Crippen LogP) is 3.13. The number of carboxylic acid groups (broad SMARTS) is 1. The molecule has 1 amide bonds. The highest BCUT2D eigenvalue weighted by Gasteiger charge is 2.30. The van der Waals surface area contributed by atoms with E-state index in [1.165, 1.54) is 0 Å². The Morgan fingerprint density at radius 1 is 1.10 bits per heavy atom. The van der Waals surface area contributed by atoms with Gasteiger partial charge in [0.05, 0.1) is 5.92 Å². The van der Waals surface area contributed by atoms with Gasteiger partial charge in [0.25, 0.3) is 0 Å². The Bertz CT molecular complexity index is 504. The van der Waals surface area contributed by atoms with E-state index in [0.717, 1.165) is 29.7 Å². The molecule has 1 saturated carbocycles. The fourth-order valence-electron chi connectivity index (χ4n) is 2.94. The van der Waals surface area contributed by atoms with Crippen molar-refractivity contribution in [2.24, 2.45) is 11.8 Å². The van der Waals surface area contributed by atoms with Gasteiger partial charge in [-0.05, 0) is 56.4 Å². The van der Waals surface area contributed by atoms with E-state index in [0.29, 0.717) is 12.8 Å². The standard InChI is InChI=1S/C16H21NO3/c1-10-6-11(2)8-14(7-10)17-15(18)12-4-3-5-13(9-12)16(19)20/h6-8,12-13H,3-5,9H2,1-2H3,(H,17,18)(H,19,20). The highest BCUT2D eigenvalue weighted by molar-refractivity contribution is 5.93. The summed E-state index contributed by atoms with van der Waals surface area (Å²) in [6.07, 6.45) is 2.72. The second-order valence-corrected chi connectivity index (χ2v) is 5.76. The van der Waals surface area contributed by atoms with Crippen LogP contribution in [0, 0.1) is 25.7 Å². The first-order valence-corrected chi connectivity index (χ1v) is 7.07. The summed E-state index contributed by atoms with van der Waals surface area (Å²) in [6.45, 7) is 3.98. The van der Waals surface area contributed by atoms with Crippen LogP contribution in [0.15, 0.2) is 18.2 Å². The number of rotatable bonds is 3. The van der Waals surface area contributed by atoms with E-state index in [-0.39, 0.29) is 17.7 Å². The average molecular weight is 275 g/mol. The molecule has 0 radical (unpaired) electrons. The molecule has 2 unspecified atom stereocenters. The maximum absolute atomic E-state index is 12.3. The van der Waals surface area contributed by atoms with Crippen LogP contribution in [0.3, 0.4) is 0 Å². The van der Waals surface area contributed by atoms with Crippen molar-refractivity contribution < 1.29 is 14.7 Å². The molecule has 4 nitrogen and oxygen atoms in total. The second-order valence-electron chi connectivity index (χ2n) is 5.76. The largest absolute Gasteiger partial charge is 0.481 e. The number of benzene rings is 1. The molecule has 1 aromatic carbocycles. The summed E-state index contributed by atoms with van der Waals surface area (Å²) in [6, 6.07) is 5.92. The van der Waals surface area contributed by atoms with Crippen LogP contribution in [0.25, 0.3) is 0 Å². The first kappa shape index (κ1) is 14.6. The second kappa shape index (κ2) is 6.07. The number of nitrogens with one attached hydrogen (secondary N) is 1. The molecule has 0 saturated heterocycles. The van der Waals surface area contributed by atoms with Gasteiger partial charge in [0, 0.05) is 11.6 Å². The molecule has 2 rings (SSSR count). The predicted molar refractivity (Wildman–Crippen MR) is 77.6 cm³/mol. The Balaban J connectivity index is 2.02. The van der Waals surface area contributed by atoms with Crippen molar-refractivity contribution in [1.82, 2.24) is 0 Å². The first-order chi connectivity index (χ1) is 9.45. The molecule has 1 fully saturated rings. The molecule has 2 N–H and O–H groups in total. The van der Waals surface area contributed by atoms with Crippen molar-refractivity contribution >= 4 is 17.6 Å². The number of hydrogen-bond donors (Lipinski definition) is 2. The van der Waals surface area contributed by atoms with Crippen LogP contribution in [0.5, 0.6) is 0 Å². The Morgan fingerprint density at radius 3 is 2.30 bits per heavy atom. The molecule has 1 aromatic rings. The molecule has 0 heterocycles. The van der Waals surface area contributed by atoms with Gasteiger partial charge in [-0.3, -0.25) is 9.59 Å². The van der Waals surface area contributed by atoms with Crippen molar-refractivity contribution in [2.75, 3.05) is 5.32 Å². The molecule has 4 heteroatoms. The maximum Gasteiger partial charge on any atom is 0.306 e. The van der Waals surface area contributed by atoms with Crippen LogP contribution >= 0.6 is 0 Å². The normalized spacial score (nSPS) is 22.3. The lowest BCUT2D eigenvalue weighted by atomic mass is 9.81. The van der Waals surface area contributed by atoms with Gasteiger partial charge in [-0.2, -0.15) is 0 Å². The minimum Gasteiger partial charge on any atom is -0.481 e. The maximum atomic E-state index is 12.3. The van der Waals surface area contributed by atoms with Gasteiger partial charge in [0.1, 0.15) is 0 Å². The third-order valence-corrected chi connectivity index (χ3v) is 3.88. The van der Waals surface area contributed by atoms with E-state index < -0.39 is 5.97 Å². The van der Waals surface area contributed by atoms with E-state index in [9.17, 15) is 9.59 Å². The number of amides is 1. The Morgan fingerprint density at radius 2 is 1.70 bits per heavy atom. The van der Waals surface area contributed by atoms with E-state index in [2.05, 4.69) is 11.4 Å². The molecular weight excluding hydrogens is 254 g/mol. The molecule has 0 bridgehead atoms. The van der Waals surface area contributed by atoms with E-state index in [4.69, 9.17) is 5.11 Å². The summed E-state index contributed by atoms with van der Waals surface area (Å²) in [7, 11) is 0. The monoisotopic (exact) mass is 275 g/mol. The number of carboxylic acids is 1. The summed E-state index contributed by atoms with van der Waals surface area (Å²) in [5, 5.41) is 12.0. The molecule has 0 spiro atoms. The van der Waals surface area contributed by atoms with Crippen LogP contribution in [-0.4, -0.2) is 17.0 Å². The molecule has 0 aromatic heterocycles. The lowest BCUT2D eigenvalue weighted by Crippen LogP contribution is -2.30. The van der Waals surface area contributed by atoms with E-state index in [1.54, 1.807) is 0 Å². The highest BCUT2D eigenvalue weighted by Crippen LogP contribution is 2.30. The SMILES string of the molecule is Cc1cc(C)cc(NC(=O)C2CCCC(C(=O)O)C2)c1. The van der Waals surface area contributed by atoms with Crippen LogP contribution in [0.4, 0.5) is 5.69 Å². The third kappa shape index (κ3) is 3.59. The van der Waals surface area contributed by atoms with E-state index in [1.807, 2.05) is 26.0 Å². The van der Waals surface area contributed by atoms with Gasteiger partial charge in [-0.25, -0.2) is 0 Å². The molecule has 20 heavy (non-hydrogen) atoms. The van der Waals surface area contributed by atoms with Crippen LogP contribution < -0.4 is 5.32 Å². The van der Waals surface area contributed by atoms with Crippen molar-refractivity contribution in [2.45, 2.75) is 39.5 Å². The van der Waals surface area contributed by atoms with Crippen molar-refractivity contribution in [3.8, 4) is 0 Å². The summed E-state index contributed by atoms with van der Waals surface area (Å²) < 4.78 is 0. The number of aryl methyl sites for hydroxylation is 2. The van der Waals surface area contributed by atoms with Gasteiger partial charge in [-0.1, -0.05) is 12.5 Å². The van der Waals surface area contributed by atoms with Crippen LogP contribution in [-0.2, 0) is 9.59 Å².